The van der Waals surface area contributed by atoms with Gasteiger partial charge in [0, 0.05) is 13.1 Å². The summed E-state index contributed by atoms with van der Waals surface area (Å²) in [5.74, 6) is -1.28. The number of carbonyl (C=O) groups is 2. The molecule has 108 valence electrons. The molecule has 0 aromatic rings. The first-order valence-corrected chi connectivity index (χ1v) is 6.27. The van der Waals surface area contributed by atoms with Crippen LogP contribution in [0.5, 0.6) is 0 Å². The Morgan fingerprint density at radius 1 is 1.42 bits per heavy atom. The Labute approximate surface area is 111 Å². The van der Waals surface area contributed by atoms with Crippen LogP contribution >= 0.6 is 0 Å². The lowest BCUT2D eigenvalue weighted by Gasteiger charge is -2.24. The molecule has 0 aliphatic carbocycles. The van der Waals surface area contributed by atoms with Crippen LogP contribution in [0.25, 0.3) is 0 Å². The second kappa shape index (κ2) is 6.93. The first-order valence-electron chi connectivity index (χ1n) is 6.27. The van der Waals surface area contributed by atoms with E-state index in [0.717, 1.165) is 0 Å². The Kier molecular flexibility index (Phi) is 5.56. The zero-order valence-electron chi connectivity index (χ0n) is 10.8. The highest BCUT2D eigenvalue weighted by Gasteiger charge is 2.35. The lowest BCUT2D eigenvalue weighted by atomic mass is 10.1. The molecule has 1 aliphatic heterocycles. The average molecular weight is 271 g/mol. The van der Waals surface area contributed by atoms with Gasteiger partial charge in [-0.3, -0.25) is 9.79 Å². The van der Waals surface area contributed by atoms with E-state index in [1.807, 2.05) is 0 Å². The van der Waals surface area contributed by atoms with Gasteiger partial charge in [-0.15, -0.1) is 0 Å². The Morgan fingerprint density at radius 2 is 2.11 bits per heavy atom. The van der Waals surface area contributed by atoms with E-state index in [4.69, 9.17) is 22.3 Å². The number of aliphatic imine (C=N–C) groups is 1. The number of carbonyl (C=O) groups excluding carboxylic acids is 1. The third kappa shape index (κ3) is 4.40. The van der Waals surface area contributed by atoms with Gasteiger partial charge in [0.1, 0.15) is 6.04 Å². The summed E-state index contributed by atoms with van der Waals surface area (Å²) in [4.78, 5) is 28.2. The molecule has 1 saturated heterocycles. The van der Waals surface area contributed by atoms with Crippen LogP contribution in [0.3, 0.4) is 0 Å². The van der Waals surface area contributed by atoms with Gasteiger partial charge in [0.25, 0.3) is 0 Å². The zero-order chi connectivity index (χ0) is 14.4. The van der Waals surface area contributed by atoms with E-state index in [0.29, 0.717) is 38.8 Å². The summed E-state index contributed by atoms with van der Waals surface area (Å²) in [7, 11) is 0. The molecular weight excluding hydrogens is 250 g/mol. The van der Waals surface area contributed by atoms with Crippen molar-refractivity contribution in [1.29, 1.82) is 0 Å². The van der Waals surface area contributed by atoms with Crippen LogP contribution in [0, 0.1) is 0 Å². The van der Waals surface area contributed by atoms with Crippen molar-refractivity contribution < 1.29 is 14.7 Å². The number of carboxylic acids is 1. The predicted octanol–water partition coefficient (Wildman–Crippen LogP) is -1.56. The normalized spacial score (nSPS) is 20.1. The minimum atomic E-state index is -0.974. The van der Waals surface area contributed by atoms with Crippen LogP contribution in [0.2, 0.25) is 0 Å². The molecule has 19 heavy (non-hydrogen) atoms. The fourth-order valence-corrected chi connectivity index (χ4v) is 2.14. The fraction of sp³-hybridized carbons (Fsp3) is 0.727. The number of hydrogen-bond acceptors (Lipinski definition) is 4. The number of hydrogen-bond donors (Lipinski definition) is 4. The van der Waals surface area contributed by atoms with Gasteiger partial charge in [0.15, 0.2) is 5.96 Å². The minimum absolute atomic E-state index is 0.00498. The molecule has 0 unspecified atom stereocenters. The second-order valence-corrected chi connectivity index (χ2v) is 4.58. The lowest BCUT2D eigenvalue weighted by molar-refractivity contribution is -0.148. The fourth-order valence-electron chi connectivity index (χ4n) is 2.14. The highest BCUT2D eigenvalue weighted by Crippen LogP contribution is 2.18. The third-order valence-corrected chi connectivity index (χ3v) is 3.11. The van der Waals surface area contributed by atoms with Gasteiger partial charge in [0.05, 0.1) is 6.04 Å². The SMILES string of the molecule is NC(N)=NCCC[C@@H](N)C(=O)N1CCC[C@H]1C(=O)O. The molecule has 1 heterocycles. The van der Waals surface area contributed by atoms with E-state index in [1.54, 1.807) is 0 Å². The number of likely N-dealkylation sites (tertiary alicyclic amines) is 1. The average Bonchev–Trinajstić information content (AvgIpc) is 2.82. The summed E-state index contributed by atoms with van der Waals surface area (Å²) in [5, 5.41) is 9.01. The van der Waals surface area contributed by atoms with E-state index in [1.165, 1.54) is 4.90 Å². The minimum Gasteiger partial charge on any atom is -0.480 e. The number of nitrogens with zero attached hydrogens (tertiary/aromatic N) is 2. The Hall–Kier alpha value is -1.83. The van der Waals surface area contributed by atoms with E-state index in [2.05, 4.69) is 4.99 Å². The van der Waals surface area contributed by atoms with E-state index in [9.17, 15) is 9.59 Å². The zero-order valence-corrected chi connectivity index (χ0v) is 10.8. The molecule has 0 aromatic carbocycles. The highest BCUT2D eigenvalue weighted by molar-refractivity contribution is 5.87. The molecule has 0 aromatic heterocycles. The first-order chi connectivity index (χ1) is 8.93. The number of nitrogens with two attached hydrogens (primary N) is 3. The molecule has 1 rings (SSSR count). The van der Waals surface area contributed by atoms with Crippen LogP contribution in [0.1, 0.15) is 25.7 Å². The Bertz CT molecular complexity index is 367. The van der Waals surface area contributed by atoms with Gasteiger partial charge >= 0.3 is 5.97 Å². The van der Waals surface area contributed by atoms with Crippen molar-refractivity contribution >= 4 is 17.8 Å². The van der Waals surface area contributed by atoms with E-state index in [-0.39, 0.29) is 11.9 Å². The molecule has 1 amide bonds. The molecular formula is C11H21N5O3. The van der Waals surface area contributed by atoms with Crippen molar-refractivity contribution in [2.75, 3.05) is 13.1 Å². The molecule has 0 radical (unpaired) electrons. The Balaban J connectivity index is 2.43. The molecule has 0 saturated carbocycles. The summed E-state index contributed by atoms with van der Waals surface area (Å²) in [6, 6.07) is -1.44. The van der Waals surface area contributed by atoms with Crippen molar-refractivity contribution in [3.8, 4) is 0 Å². The monoisotopic (exact) mass is 271 g/mol. The standard InChI is InChI=1S/C11H21N5O3/c12-7(3-1-5-15-11(13)14)9(17)16-6-2-4-8(16)10(18)19/h7-8H,1-6,12H2,(H,18,19)(H4,13,14,15)/t7-,8+/m1/s1. The van der Waals surface area contributed by atoms with Gasteiger partial charge in [-0.2, -0.15) is 0 Å². The largest absolute Gasteiger partial charge is 0.480 e. The van der Waals surface area contributed by atoms with Gasteiger partial charge in [0.2, 0.25) is 5.91 Å². The van der Waals surface area contributed by atoms with Crippen LogP contribution in [0.4, 0.5) is 0 Å². The molecule has 0 spiro atoms. The number of amides is 1. The second-order valence-electron chi connectivity index (χ2n) is 4.58. The first kappa shape index (κ1) is 15.2. The molecule has 2 atom stereocenters. The quantitative estimate of drug-likeness (QED) is 0.261. The van der Waals surface area contributed by atoms with Crippen LogP contribution in [-0.2, 0) is 9.59 Å². The summed E-state index contributed by atoms with van der Waals surface area (Å²) >= 11 is 0. The molecule has 0 bridgehead atoms. The summed E-state index contributed by atoms with van der Waals surface area (Å²) in [6.07, 6.45) is 2.19. The molecule has 1 aliphatic rings. The number of carboxylic acid groups (broad SMARTS) is 1. The van der Waals surface area contributed by atoms with Gasteiger partial charge in [-0.1, -0.05) is 0 Å². The lowest BCUT2D eigenvalue weighted by Crippen LogP contribution is -2.48. The smallest absolute Gasteiger partial charge is 0.326 e. The van der Waals surface area contributed by atoms with Gasteiger partial charge < -0.3 is 27.2 Å². The number of rotatable bonds is 6. The molecule has 7 N–H and O–H groups in total. The van der Waals surface area contributed by atoms with Crippen molar-refractivity contribution in [2.45, 2.75) is 37.8 Å². The maximum absolute atomic E-state index is 12.0. The molecule has 8 heteroatoms. The van der Waals surface area contributed by atoms with Crippen LogP contribution in [0.15, 0.2) is 4.99 Å². The molecule has 8 nitrogen and oxygen atoms in total. The van der Waals surface area contributed by atoms with Crippen LogP contribution in [-0.4, -0.2) is 53.0 Å². The van der Waals surface area contributed by atoms with E-state index >= 15 is 0 Å². The van der Waals surface area contributed by atoms with Crippen molar-refractivity contribution in [2.24, 2.45) is 22.2 Å². The summed E-state index contributed by atoms with van der Waals surface area (Å²) in [5.41, 5.74) is 16.1. The summed E-state index contributed by atoms with van der Waals surface area (Å²) < 4.78 is 0. The topological polar surface area (TPSA) is 148 Å². The number of aliphatic carboxylic acids is 1. The maximum atomic E-state index is 12.0. The van der Waals surface area contributed by atoms with Gasteiger partial charge in [-0.25, -0.2) is 4.79 Å². The van der Waals surface area contributed by atoms with Crippen molar-refractivity contribution in [3.05, 3.63) is 0 Å². The summed E-state index contributed by atoms with van der Waals surface area (Å²) in [6.45, 7) is 0.864. The highest BCUT2D eigenvalue weighted by atomic mass is 16.4. The van der Waals surface area contributed by atoms with Crippen molar-refractivity contribution in [3.63, 3.8) is 0 Å². The Morgan fingerprint density at radius 3 is 2.68 bits per heavy atom. The van der Waals surface area contributed by atoms with Crippen LogP contribution < -0.4 is 17.2 Å². The molecule has 1 fully saturated rings. The van der Waals surface area contributed by atoms with Crippen molar-refractivity contribution in [1.82, 2.24) is 4.90 Å². The maximum Gasteiger partial charge on any atom is 0.326 e. The third-order valence-electron chi connectivity index (χ3n) is 3.11. The van der Waals surface area contributed by atoms with E-state index < -0.39 is 18.1 Å². The van der Waals surface area contributed by atoms with Gasteiger partial charge in [-0.05, 0) is 25.7 Å². The number of guanidine groups is 1. The predicted molar refractivity (Wildman–Crippen MR) is 70.3 cm³/mol.